The number of hydrogen-bond donors (Lipinski definition) is 0. The van der Waals surface area contributed by atoms with Gasteiger partial charge in [-0.3, -0.25) is 4.90 Å². The highest BCUT2D eigenvalue weighted by molar-refractivity contribution is 5.49. The van der Waals surface area contributed by atoms with Crippen LogP contribution in [0.15, 0.2) is 12.4 Å². The molecule has 0 aliphatic carbocycles. The molecule has 0 unspecified atom stereocenters. The molecule has 0 amide bonds. The fourth-order valence-corrected chi connectivity index (χ4v) is 4.16. The number of aromatic nitrogens is 5. The van der Waals surface area contributed by atoms with E-state index in [-0.39, 0.29) is 0 Å². The summed E-state index contributed by atoms with van der Waals surface area (Å²) in [5.41, 5.74) is 0. The van der Waals surface area contributed by atoms with Gasteiger partial charge in [0.25, 0.3) is 0 Å². The maximum absolute atomic E-state index is 4.57. The quantitative estimate of drug-likeness (QED) is 0.793. The van der Waals surface area contributed by atoms with Crippen LogP contribution < -0.4 is 9.80 Å². The van der Waals surface area contributed by atoms with E-state index in [9.17, 15) is 0 Å². The number of nitrogens with zero attached hydrogens (tertiary/aromatic N) is 8. The van der Waals surface area contributed by atoms with Gasteiger partial charge < -0.3 is 14.4 Å². The van der Waals surface area contributed by atoms with E-state index in [1.807, 2.05) is 19.0 Å². The summed E-state index contributed by atoms with van der Waals surface area (Å²) in [5, 5.41) is 9.08. The predicted molar refractivity (Wildman–Crippen MR) is 106 cm³/mol. The zero-order valence-electron chi connectivity index (χ0n) is 16.7. The van der Waals surface area contributed by atoms with Gasteiger partial charge in [-0.1, -0.05) is 0 Å². The van der Waals surface area contributed by atoms with Crippen molar-refractivity contribution in [3.63, 3.8) is 0 Å². The van der Waals surface area contributed by atoms with E-state index >= 15 is 0 Å². The van der Waals surface area contributed by atoms with Gasteiger partial charge in [-0.05, 0) is 38.8 Å². The molecule has 2 aliphatic rings. The minimum Gasteiger partial charge on any atom is -0.363 e. The fourth-order valence-electron chi connectivity index (χ4n) is 4.16. The van der Waals surface area contributed by atoms with Gasteiger partial charge >= 0.3 is 0 Å². The van der Waals surface area contributed by atoms with Gasteiger partial charge in [0.15, 0.2) is 0 Å². The van der Waals surface area contributed by atoms with Gasteiger partial charge in [0, 0.05) is 46.2 Å². The summed E-state index contributed by atoms with van der Waals surface area (Å²) in [4.78, 5) is 15.7. The van der Waals surface area contributed by atoms with Gasteiger partial charge in [0.05, 0.1) is 6.54 Å². The third-order valence-electron chi connectivity index (χ3n) is 5.77. The molecule has 0 saturated carbocycles. The maximum atomic E-state index is 4.57. The first-order valence-electron chi connectivity index (χ1n) is 9.96. The Kier molecular flexibility index (Phi) is 5.24. The predicted octanol–water partition coefficient (Wildman–Crippen LogP) is 1.65. The van der Waals surface area contributed by atoms with E-state index in [2.05, 4.69) is 47.6 Å². The topological polar surface area (TPSA) is 66.2 Å². The normalized spacial score (nSPS) is 21.0. The molecule has 4 rings (SSSR count). The molecule has 2 fully saturated rings. The smallest absolute Gasteiger partial charge is 0.146 e. The van der Waals surface area contributed by atoms with Crippen LogP contribution in [0.2, 0.25) is 0 Å². The van der Waals surface area contributed by atoms with Crippen LogP contribution in [0.4, 0.5) is 11.6 Å². The van der Waals surface area contributed by atoms with Crippen molar-refractivity contribution in [3.05, 3.63) is 24.0 Å². The number of hydrogen-bond acceptors (Lipinski definition) is 7. The highest BCUT2D eigenvalue weighted by Crippen LogP contribution is 2.29. The molecular weight excluding hydrogens is 340 g/mol. The summed E-state index contributed by atoms with van der Waals surface area (Å²) in [5.74, 6) is 4.52. The van der Waals surface area contributed by atoms with Crippen LogP contribution in [0.25, 0.3) is 0 Å². The second-order valence-electron chi connectivity index (χ2n) is 7.93. The van der Waals surface area contributed by atoms with E-state index in [1.54, 1.807) is 6.33 Å². The molecule has 4 heterocycles. The van der Waals surface area contributed by atoms with Gasteiger partial charge in [-0.25, -0.2) is 9.97 Å². The molecule has 2 aliphatic heterocycles. The molecule has 8 heteroatoms. The minimum atomic E-state index is 0.390. The van der Waals surface area contributed by atoms with Crippen LogP contribution in [0.3, 0.4) is 0 Å². The summed E-state index contributed by atoms with van der Waals surface area (Å²) in [7, 11) is 6.13. The van der Waals surface area contributed by atoms with Gasteiger partial charge in [0.1, 0.15) is 29.6 Å². The number of anilines is 2. The third kappa shape index (κ3) is 3.90. The van der Waals surface area contributed by atoms with Crippen molar-refractivity contribution in [1.29, 1.82) is 0 Å². The monoisotopic (exact) mass is 370 g/mol. The van der Waals surface area contributed by atoms with E-state index < -0.39 is 0 Å². The van der Waals surface area contributed by atoms with Crippen LogP contribution in [0.5, 0.6) is 0 Å². The standard InChI is InChI=1S/C19H30N8/c1-24(2)16-11-17(21-14-20-16)27-10-6-7-15(12-27)19-23-22-18(25(19)3)13-26-8-4-5-9-26/h11,14-15H,4-10,12-13H2,1-3H3/t15-/m1/s1. The van der Waals surface area contributed by atoms with E-state index in [1.165, 1.54) is 25.9 Å². The zero-order valence-corrected chi connectivity index (χ0v) is 16.7. The summed E-state index contributed by atoms with van der Waals surface area (Å²) >= 11 is 0. The van der Waals surface area contributed by atoms with Crippen LogP contribution in [0.1, 0.15) is 43.3 Å². The van der Waals surface area contributed by atoms with Crippen LogP contribution >= 0.6 is 0 Å². The van der Waals surface area contributed by atoms with Crippen molar-refractivity contribution in [2.45, 2.75) is 38.1 Å². The van der Waals surface area contributed by atoms with Gasteiger partial charge in [-0.15, -0.1) is 10.2 Å². The number of likely N-dealkylation sites (tertiary alicyclic amines) is 1. The lowest BCUT2D eigenvalue weighted by Crippen LogP contribution is -2.36. The van der Waals surface area contributed by atoms with E-state index in [4.69, 9.17) is 0 Å². The Balaban J connectivity index is 1.48. The Bertz CT molecular complexity index is 765. The van der Waals surface area contributed by atoms with Crippen LogP contribution in [0, 0.1) is 0 Å². The molecule has 0 N–H and O–H groups in total. The second-order valence-corrected chi connectivity index (χ2v) is 7.93. The first kappa shape index (κ1) is 18.2. The Morgan fingerprint density at radius 1 is 1.07 bits per heavy atom. The van der Waals surface area contributed by atoms with Crippen molar-refractivity contribution < 1.29 is 0 Å². The average molecular weight is 371 g/mol. The number of rotatable bonds is 5. The molecule has 0 bridgehead atoms. The summed E-state index contributed by atoms with van der Waals surface area (Å²) in [6.07, 6.45) is 6.55. The molecule has 2 aromatic heterocycles. The molecule has 8 nitrogen and oxygen atoms in total. The van der Waals surface area contributed by atoms with Crippen molar-refractivity contribution in [1.82, 2.24) is 29.6 Å². The van der Waals surface area contributed by atoms with Gasteiger partial charge in [-0.2, -0.15) is 0 Å². The highest BCUT2D eigenvalue weighted by atomic mass is 15.3. The fraction of sp³-hybridized carbons (Fsp3) is 0.684. The van der Waals surface area contributed by atoms with Crippen molar-refractivity contribution >= 4 is 11.6 Å². The Labute approximate surface area is 161 Å². The summed E-state index contributed by atoms with van der Waals surface area (Å²) in [6, 6.07) is 2.07. The SMILES string of the molecule is CN(C)c1cc(N2CCC[C@@H](c3nnc(CN4CCCC4)n3C)C2)ncn1. The summed E-state index contributed by atoms with van der Waals surface area (Å²) < 4.78 is 2.22. The Hall–Kier alpha value is -2.22. The molecule has 27 heavy (non-hydrogen) atoms. The molecular formula is C19H30N8. The molecule has 1 atom stereocenters. The molecule has 0 aromatic carbocycles. The van der Waals surface area contributed by atoms with Crippen LogP contribution in [-0.4, -0.2) is 69.9 Å². The molecule has 2 saturated heterocycles. The number of piperidine rings is 1. The first-order valence-corrected chi connectivity index (χ1v) is 9.96. The molecule has 2 aromatic rings. The Morgan fingerprint density at radius 2 is 1.89 bits per heavy atom. The second kappa shape index (κ2) is 7.80. The maximum Gasteiger partial charge on any atom is 0.146 e. The lowest BCUT2D eigenvalue weighted by Gasteiger charge is -2.33. The van der Waals surface area contributed by atoms with Gasteiger partial charge in [0.2, 0.25) is 0 Å². The largest absolute Gasteiger partial charge is 0.363 e. The van der Waals surface area contributed by atoms with Crippen molar-refractivity contribution in [2.24, 2.45) is 7.05 Å². The third-order valence-corrected chi connectivity index (χ3v) is 5.77. The molecule has 0 spiro atoms. The molecule has 146 valence electrons. The Morgan fingerprint density at radius 3 is 2.67 bits per heavy atom. The average Bonchev–Trinajstić information content (AvgIpc) is 3.33. The minimum absolute atomic E-state index is 0.390. The van der Waals surface area contributed by atoms with E-state index in [0.29, 0.717) is 5.92 Å². The zero-order chi connectivity index (χ0) is 18.8. The van der Waals surface area contributed by atoms with Crippen molar-refractivity contribution in [2.75, 3.05) is 50.1 Å². The summed E-state index contributed by atoms with van der Waals surface area (Å²) in [6.45, 7) is 5.24. The lowest BCUT2D eigenvalue weighted by molar-refractivity contribution is 0.317. The lowest BCUT2D eigenvalue weighted by atomic mass is 9.97. The van der Waals surface area contributed by atoms with Crippen LogP contribution in [-0.2, 0) is 13.6 Å². The first-order chi connectivity index (χ1) is 13.1. The van der Waals surface area contributed by atoms with E-state index in [0.717, 1.165) is 55.8 Å². The molecule has 0 radical (unpaired) electrons. The highest BCUT2D eigenvalue weighted by Gasteiger charge is 2.27. The van der Waals surface area contributed by atoms with Crippen molar-refractivity contribution in [3.8, 4) is 0 Å².